The maximum absolute atomic E-state index is 10.8. The number of nitro benzene ring substituents is 1. The molecule has 0 amide bonds. The minimum absolute atomic E-state index is 0.0833. The van der Waals surface area contributed by atoms with Crippen LogP contribution in [-0.2, 0) is 0 Å². The molecular weight excluding hydrogens is 272 g/mol. The predicted molar refractivity (Wildman–Crippen MR) is 74.5 cm³/mol. The number of hydrogen-bond acceptors (Lipinski definition) is 4. The summed E-state index contributed by atoms with van der Waals surface area (Å²) in [6, 6.07) is 8.82. The van der Waals surface area contributed by atoms with Crippen LogP contribution in [0.3, 0.4) is 0 Å². The van der Waals surface area contributed by atoms with Gasteiger partial charge in [-0.15, -0.1) is 11.3 Å². The van der Waals surface area contributed by atoms with E-state index in [2.05, 4.69) is 5.32 Å². The Bertz CT molecular complexity index is 557. The normalized spacial score (nSPS) is 12.1. The summed E-state index contributed by atoms with van der Waals surface area (Å²) in [6.07, 6.45) is 0. The molecule has 4 nitrogen and oxygen atoms in total. The average Bonchev–Trinajstić information content (AvgIpc) is 2.85. The molecule has 1 N–H and O–H groups in total. The monoisotopic (exact) mass is 282 g/mol. The van der Waals surface area contributed by atoms with Crippen molar-refractivity contribution in [2.75, 3.05) is 5.32 Å². The minimum Gasteiger partial charge on any atom is -0.378 e. The van der Waals surface area contributed by atoms with Gasteiger partial charge >= 0.3 is 0 Å². The molecule has 0 radical (unpaired) electrons. The van der Waals surface area contributed by atoms with Gasteiger partial charge in [-0.3, -0.25) is 10.1 Å². The molecule has 1 aromatic carbocycles. The predicted octanol–water partition coefficient (Wildman–Crippen LogP) is 4.48. The van der Waals surface area contributed by atoms with E-state index in [1.807, 2.05) is 24.4 Å². The van der Waals surface area contributed by atoms with Gasteiger partial charge in [0.05, 0.1) is 11.0 Å². The molecular formula is C12H11ClN2O2S. The summed E-state index contributed by atoms with van der Waals surface area (Å²) in [7, 11) is 0. The van der Waals surface area contributed by atoms with E-state index >= 15 is 0 Å². The van der Waals surface area contributed by atoms with Gasteiger partial charge in [0.25, 0.3) is 5.69 Å². The van der Waals surface area contributed by atoms with E-state index in [0.29, 0.717) is 5.69 Å². The number of anilines is 1. The molecule has 94 valence electrons. The van der Waals surface area contributed by atoms with Crippen molar-refractivity contribution in [2.24, 2.45) is 0 Å². The summed E-state index contributed by atoms with van der Waals surface area (Å²) in [5.74, 6) is 0. The molecule has 0 aliphatic carbocycles. The molecule has 6 heteroatoms. The fourth-order valence-corrected chi connectivity index (χ4v) is 2.52. The van der Waals surface area contributed by atoms with Crippen molar-refractivity contribution in [3.8, 4) is 0 Å². The lowest BCUT2D eigenvalue weighted by atomic mass is 10.2. The lowest BCUT2D eigenvalue weighted by Crippen LogP contribution is -2.05. The molecule has 0 saturated heterocycles. The van der Waals surface area contributed by atoms with Gasteiger partial charge in [0.2, 0.25) is 0 Å². The number of nitrogens with one attached hydrogen (secondary N) is 1. The summed E-state index contributed by atoms with van der Waals surface area (Å²) in [5, 5.41) is 16.1. The average molecular weight is 283 g/mol. The van der Waals surface area contributed by atoms with E-state index < -0.39 is 4.92 Å². The standard InChI is InChI=1S/C12H11ClN2O2S/c1-8(12-3-2-6-18-12)14-9-4-5-10(13)11(7-9)15(16)17/h2-8,14H,1H3. The van der Waals surface area contributed by atoms with Crippen LogP contribution in [0.25, 0.3) is 0 Å². The SMILES string of the molecule is CC(Nc1ccc(Cl)c([N+](=O)[O-])c1)c1cccs1. The van der Waals surface area contributed by atoms with Crippen molar-refractivity contribution in [1.82, 2.24) is 0 Å². The molecule has 0 aliphatic heterocycles. The largest absolute Gasteiger partial charge is 0.378 e. The lowest BCUT2D eigenvalue weighted by molar-refractivity contribution is -0.384. The molecule has 0 fully saturated rings. The first-order valence-electron chi connectivity index (χ1n) is 5.32. The van der Waals surface area contributed by atoms with Crippen molar-refractivity contribution in [3.05, 3.63) is 55.7 Å². The quantitative estimate of drug-likeness (QED) is 0.664. The van der Waals surface area contributed by atoms with Crippen LogP contribution in [0, 0.1) is 10.1 Å². The molecule has 1 heterocycles. The van der Waals surface area contributed by atoms with Crippen LogP contribution in [0.5, 0.6) is 0 Å². The Kier molecular flexibility index (Phi) is 3.84. The van der Waals surface area contributed by atoms with Crippen molar-refractivity contribution in [2.45, 2.75) is 13.0 Å². The molecule has 18 heavy (non-hydrogen) atoms. The molecule has 0 saturated carbocycles. The zero-order chi connectivity index (χ0) is 13.1. The number of halogens is 1. The highest BCUT2D eigenvalue weighted by molar-refractivity contribution is 7.10. The smallest absolute Gasteiger partial charge is 0.289 e. The summed E-state index contributed by atoms with van der Waals surface area (Å²) < 4.78 is 0. The lowest BCUT2D eigenvalue weighted by Gasteiger charge is -2.13. The van der Waals surface area contributed by atoms with Gasteiger partial charge in [0.15, 0.2) is 0 Å². The van der Waals surface area contributed by atoms with Crippen molar-refractivity contribution >= 4 is 34.3 Å². The molecule has 1 aromatic heterocycles. The number of nitro groups is 1. The second kappa shape index (κ2) is 5.37. The van der Waals surface area contributed by atoms with Crippen LogP contribution in [-0.4, -0.2) is 4.92 Å². The second-order valence-electron chi connectivity index (χ2n) is 3.80. The first-order chi connectivity index (χ1) is 8.58. The van der Waals surface area contributed by atoms with Crippen LogP contribution in [0.1, 0.15) is 17.8 Å². The Morgan fingerprint density at radius 3 is 2.83 bits per heavy atom. The van der Waals surface area contributed by atoms with Crippen molar-refractivity contribution in [1.29, 1.82) is 0 Å². The molecule has 2 aromatic rings. The Morgan fingerprint density at radius 2 is 2.22 bits per heavy atom. The number of rotatable bonds is 4. The molecule has 2 rings (SSSR count). The highest BCUT2D eigenvalue weighted by atomic mass is 35.5. The molecule has 0 spiro atoms. The van der Waals surface area contributed by atoms with Crippen LogP contribution < -0.4 is 5.32 Å². The number of hydrogen-bond donors (Lipinski definition) is 1. The number of thiophene rings is 1. The maximum atomic E-state index is 10.8. The van der Waals surface area contributed by atoms with Crippen LogP contribution in [0.2, 0.25) is 5.02 Å². The summed E-state index contributed by atoms with van der Waals surface area (Å²) >= 11 is 7.40. The third-order valence-corrected chi connectivity index (χ3v) is 3.87. The first kappa shape index (κ1) is 12.9. The van der Waals surface area contributed by atoms with E-state index in [-0.39, 0.29) is 16.8 Å². The summed E-state index contributed by atoms with van der Waals surface area (Å²) in [6.45, 7) is 2.01. The zero-order valence-electron chi connectivity index (χ0n) is 9.59. The molecule has 1 unspecified atom stereocenters. The van der Waals surface area contributed by atoms with Gasteiger partial charge in [-0.1, -0.05) is 17.7 Å². The van der Waals surface area contributed by atoms with Crippen molar-refractivity contribution < 1.29 is 4.92 Å². The molecule has 0 aliphatic rings. The maximum Gasteiger partial charge on any atom is 0.289 e. The molecule has 1 atom stereocenters. The highest BCUT2D eigenvalue weighted by Crippen LogP contribution is 2.30. The van der Waals surface area contributed by atoms with Crippen molar-refractivity contribution in [3.63, 3.8) is 0 Å². The van der Waals surface area contributed by atoms with E-state index in [1.54, 1.807) is 17.4 Å². The Balaban J connectivity index is 2.20. The summed E-state index contributed by atoms with van der Waals surface area (Å²) in [4.78, 5) is 11.5. The van der Waals surface area contributed by atoms with E-state index in [4.69, 9.17) is 11.6 Å². The third kappa shape index (κ3) is 2.80. The fraction of sp³-hybridized carbons (Fsp3) is 0.167. The topological polar surface area (TPSA) is 55.2 Å². The van der Waals surface area contributed by atoms with Crippen LogP contribution in [0.15, 0.2) is 35.7 Å². The van der Waals surface area contributed by atoms with Gasteiger partial charge in [-0.25, -0.2) is 0 Å². The van der Waals surface area contributed by atoms with E-state index in [1.165, 1.54) is 17.0 Å². The Hall–Kier alpha value is -1.59. The number of nitrogens with zero attached hydrogens (tertiary/aromatic N) is 1. The Labute approximate surface area is 113 Å². The fourth-order valence-electron chi connectivity index (χ4n) is 1.60. The Morgan fingerprint density at radius 1 is 1.44 bits per heavy atom. The van der Waals surface area contributed by atoms with Crippen LogP contribution in [0.4, 0.5) is 11.4 Å². The number of benzene rings is 1. The first-order valence-corrected chi connectivity index (χ1v) is 6.57. The van der Waals surface area contributed by atoms with Crippen LogP contribution >= 0.6 is 22.9 Å². The van der Waals surface area contributed by atoms with Gasteiger partial charge < -0.3 is 5.32 Å². The van der Waals surface area contributed by atoms with Gasteiger partial charge in [0.1, 0.15) is 5.02 Å². The minimum atomic E-state index is -0.483. The zero-order valence-corrected chi connectivity index (χ0v) is 11.2. The second-order valence-corrected chi connectivity index (χ2v) is 5.19. The van der Waals surface area contributed by atoms with Gasteiger partial charge in [-0.2, -0.15) is 0 Å². The summed E-state index contributed by atoms with van der Waals surface area (Å²) in [5.41, 5.74) is 0.604. The van der Waals surface area contributed by atoms with Gasteiger partial charge in [0, 0.05) is 16.6 Å². The highest BCUT2D eigenvalue weighted by Gasteiger charge is 2.14. The van der Waals surface area contributed by atoms with Gasteiger partial charge in [-0.05, 0) is 30.5 Å². The van der Waals surface area contributed by atoms with E-state index in [0.717, 1.165) is 0 Å². The van der Waals surface area contributed by atoms with E-state index in [9.17, 15) is 10.1 Å². The molecule has 0 bridgehead atoms. The third-order valence-electron chi connectivity index (χ3n) is 2.50.